The van der Waals surface area contributed by atoms with Crippen molar-refractivity contribution < 1.29 is 31.3 Å². The predicted molar refractivity (Wildman–Crippen MR) is 668 cm³/mol. The van der Waals surface area contributed by atoms with Crippen LogP contribution in [0.3, 0.4) is 0 Å². The SMILES string of the molecule is CC[Si](CC)(CC)OC(CCCC1CCC2(CC1)CC2)c1c(Cl)cncc1Cl.CC[Si](CC)(CC)OC(CCCC=C(C)C)c1c(Cl)cncc1Cl.CC[Si](CC)(CC)OC(CCCCC(C)(C)C)c1c(Cl)cncc1Cl.CC[Si](CC)(CC)OC(CCCCC(C)C)c1c(Cl)cncc1Cl.CC[Si](CC)(CC)OC(CCCCC1CC1)c1c(Cl)cncc1Cl.CC[Si](CC)(CC)OC(CCC[C@H]1CCOC1)c1c(Cl)cncc1Cl. The molecule has 0 aromatic carbocycles. The van der Waals surface area contributed by atoms with Crippen LogP contribution in [0, 0.1) is 34.5 Å². The summed E-state index contributed by atoms with van der Waals surface area (Å²) < 4.78 is 46.4. The molecule has 13 nitrogen and oxygen atoms in total. The summed E-state index contributed by atoms with van der Waals surface area (Å²) in [7, 11) is -10.4. The minimum absolute atomic E-state index is 0.00730. The van der Waals surface area contributed by atoms with E-state index in [1.807, 2.05) is 0 Å². The fraction of sp³-hybridized carbons (Fsp3) is 0.731. The first-order valence-corrected chi connectivity index (χ1v) is 78.2. The molecular weight excluding hydrogens is 2220 g/mol. The number of hydrogen-bond acceptors (Lipinski definition) is 13. The second-order valence-corrected chi connectivity index (χ2v) is 78.4. The standard InChI is InChI=1S/C23H37Cl2NOSi.C20H35Cl2NOSi.C19H31Cl2NO2Si.C19H31Cl2NOSi.C19H33Cl2NOSi.C19H31Cl2NOSi/c1-4-28(5-2,6-3)27-21(22-19(24)16-26-17-20(22)25)9-7-8-18-10-12-23(13-11-18)14-15-23;1-7-25(8-2,9-3)24-18(12-10-11-13-20(4,5)6)19-16(21)14-23-15-17(19)22;1-4-25(5-2,6-3)24-18(9-7-8-15-10-11-23-14-15)19-16(20)12-22-13-17(19)21;1-4-24(5-2,6-3)23-18(10-8-7-9-15-11-12-15)19-16(20)13-22-14-17(19)21;2*1-6-24(7-2,8-3)23-18(12-10-9-11-15(4)5)19-16(20)13-22-14-17(19)21/h16-18,21H,4-15H2,1-3H3;14-15,18H,7-13H2,1-6H3;12-13,15,18H,4-11,14H2,1-3H3;13-15,18H,4-12H2,1-3H3;13-15,18H,6-12H2,1-5H3;11,13-14,18H,6-10,12H2,1-5H3/t;;15-,18?;;;/m..0.../s1. The van der Waals surface area contributed by atoms with E-state index in [4.69, 9.17) is 171 Å². The number of unbranched alkanes of at least 4 members (excludes halogenated alkanes) is 4. The molecule has 6 aromatic heterocycles. The Balaban J connectivity index is 0.000000317. The number of halogens is 12. The highest BCUT2D eigenvalue weighted by Gasteiger charge is 2.46. The van der Waals surface area contributed by atoms with Crippen LogP contribution >= 0.6 is 139 Å². The molecule has 6 unspecified atom stereocenters. The zero-order valence-electron chi connectivity index (χ0n) is 97.2. The highest BCUT2D eigenvalue weighted by molar-refractivity contribution is 6.76. The van der Waals surface area contributed by atoms with Crippen molar-refractivity contribution in [1.29, 1.82) is 0 Å². The molecule has 0 amide bonds. The highest BCUT2D eigenvalue weighted by atomic mass is 35.5. The van der Waals surface area contributed by atoms with E-state index in [-0.39, 0.29) is 36.6 Å². The largest absolute Gasteiger partial charge is 0.410 e. The molecule has 6 aromatic rings. The molecular formula is C119H198Cl12N6O7Si6. The van der Waals surface area contributed by atoms with Gasteiger partial charge in [0.25, 0.3) is 0 Å². The minimum atomic E-state index is -1.75. The molecule has 150 heavy (non-hydrogen) atoms. The van der Waals surface area contributed by atoms with E-state index in [0.717, 1.165) is 249 Å². The Morgan fingerprint density at radius 1 is 0.300 bits per heavy atom. The fourth-order valence-corrected chi connectivity index (χ4v) is 42.4. The number of ether oxygens (including phenoxy) is 1. The summed E-state index contributed by atoms with van der Waals surface area (Å²) in [5.41, 5.74) is 8.13. The van der Waals surface area contributed by atoms with Crippen LogP contribution in [0.2, 0.25) is 169 Å². The van der Waals surface area contributed by atoms with Crippen molar-refractivity contribution in [3.63, 3.8) is 0 Å². The van der Waals surface area contributed by atoms with E-state index in [1.54, 1.807) is 74.4 Å². The van der Waals surface area contributed by atoms with Crippen LogP contribution in [-0.4, -0.2) is 93.0 Å². The molecule has 0 radical (unpaired) electrons. The molecule has 31 heteroatoms. The van der Waals surface area contributed by atoms with Crippen molar-refractivity contribution in [2.24, 2.45) is 34.5 Å². The molecule has 3 saturated carbocycles. The topological polar surface area (TPSA) is 142 Å². The van der Waals surface area contributed by atoms with Gasteiger partial charge in [-0.05, 0) is 266 Å². The second-order valence-electron chi connectivity index (χ2n) is 45.2. The van der Waals surface area contributed by atoms with Gasteiger partial charge in [-0.25, -0.2) is 0 Å². The van der Waals surface area contributed by atoms with Crippen LogP contribution in [0.15, 0.2) is 86.0 Å². The van der Waals surface area contributed by atoms with Crippen molar-refractivity contribution >= 4 is 189 Å². The van der Waals surface area contributed by atoms with Crippen molar-refractivity contribution in [3.05, 3.63) is 180 Å². The third kappa shape index (κ3) is 46.8. The average molecular weight is 2420 g/mol. The molecule has 1 spiro atoms. The second kappa shape index (κ2) is 72.6. The van der Waals surface area contributed by atoms with Crippen molar-refractivity contribution in [3.8, 4) is 0 Å². The lowest BCUT2D eigenvalue weighted by molar-refractivity contribution is 0.166. The Labute approximate surface area is 979 Å². The van der Waals surface area contributed by atoms with Gasteiger partial charge < -0.3 is 31.3 Å². The lowest BCUT2D eigenvalue weighted by Gasteiger charge is -2.35. The van der Waals surface area contributed by atoms with Crippen LogP contribution in [0.1, 0.15) is 436 Å². The van der Waals surface area contributed by atoms with Crippen molar-refractivity contribution in [2.45, 2.75) is 511 Å². The Hall–Kier alpha value is -0.859. The summed E-state index contributed by atoms with van der Waals surface area (Å²) in [4.78, 5) is 24.6. The first-order chi connectivity index (χ1) is 71.5. The monoisotopic (exact) mass is 2410 g/mol. The molecule has 4 aliphatic rings. The normalized spacial score (nSPS) is 16.2. The Kier molecular flexibility index (Phi) is 67.6. The predicted octanol–water partition coefficient (Wildman–Crippen LogP) is 46.0. The molecule has 4 fully saturated rings. The van der Waals surface area contributed by atoms with E-state index in [2.05, 4.69) is 209 Å². The highest BCUT2D eigenvalue weighted by Crippen LogP contribution is 2.58. The zero-order valence-corrected chi connectivity index (χ0v) is 112. The van der Waals surface area contributed by atoms with Crippen molar-refractivity contribution in [1.82, 2.24) is 29.9 Å². The van der Waals surface area contributed by atoms with E-state index < -0.39 is 49.9 Å². The Bertz CT molecular complexity index is 4500. The molecule has 0 N–H and O–H groups in total. The number of nitrogens with zero attached hydrogens (tertiary/aromatic N) is 6. The van der Waals surface area contributed by atoms with E-state index in [0.29, 0.717) is 71.6 Å². The average Bonchev–Trinajstić information content (AvgIpc) is 1.63. The third-order valence-corrected chi connectivity index (χ3v) is 65.4. The number of allylic oxidation sites excluding steroid dienone is 2. The van der Waals surface area contributed by atoms with Crippen LogP contribution in [-0.2, 0) is 31.3 Å². The van der Waals surface area contributed by atoms with Crippen LogP contribution in [0.4, 0.5) is 0 Å². The lowest BCUT2D eigenvalue weighted by atomic mass is 9.78. The van der Waals surface area contributed by atoms with Crippen LogP contribution in [0.25, 0.3) is 0 Å². The van der Waals surface area contributed by atoms with E-state index in [9.17, 15) is 0 Å². The van der Waals surface area contributed by atoms with Gasteiger partial charge in [0, 0.05) is 121 Å². The summed E-state index contributed by atoms with van der Waals surface area (Å²) in [5, 5.41) is 7.54. The molecule has 10 rings (SSSR count). The van der Waals surface area contributed by atoms with E-state index >= 15 is 0 Å². The van der Waals surface area contributed by atoms with Crippen molar-refractivity contribution in [2.75, 3.05) is 13.2 Å². The quantitative estimate of drug-likeness (QED) is 0.0203. The van der Waals surface area contributed by atoms with Crippen LogP contribution in [0.5, 0.6) is 0 Å². The maximum Gasteiger partial charge on any atom is 0.192 e. The van der Waals surface area contributed by atoms with E-state index in [1.165, 1.54) is 128 Å². The lowest BCUT2D eigenvalue weighted by Crippen LogP contribution is -2.37. The number of pyridine rings is 6. The van der Waals surface area contributed by atoms with Crippen LogP contribution < -0.4 is 0 Å². The molecule has 7 atom stereocenters. The molecule has 1 aliphatic heterocycles. The molecule has 7 heterocycles. The fourth-order valence-electron chi connectivity index (χ4n) is 21.7. The molecule has 0 bridgehead atoms. The molecule has 1 saturated heterocycles. The van der Waals surface area contributed by atoms with Gasteiger partial charge in [-0.15, -0.1) is 0 Å². The summed E-state index contributed by atoms with van der Waals surface area (Å²) in [6, 6.07) is 20.3. The van der Waals surface area contributed by atoms with Gasteiger partial charge in [0.1, 0.15) is 0 Å². The summed E-state index contributed by atoms with van der Waals surface area (Å²) in [5.74, 6) is 3.33. The maximum atomic E-state index is 6.91. The number of aromatic nitrogens is 6. The van der Waals surface area contributed by atoms with Gasteiger partial charge in [0.15, 0.2) is 49.9 Å². The van der Waals surface area contributed by atoms with Gasteiger partial charge in [-0.2, -0.15) is 0 Å². The van der Waals surface area contributed by atoms with Gasteiger partial charge in [0.05, 0.1) is 96.9 Å². The van der Waals surface area contributed by atoms with Gasteiger partial charge in [-0.1, -0.05) is 394 Å². The maximum absolute atomic E-state index is 6.91. The number of hydrogen-bond donors (Lipinski definition) is 0. The Morgan fingerprint density at radius 2 is 0.520 bits per heavy atom. The van der Waals surface area contributed by atoms with Gasteiger partial charge in [0.2, 0.25) is 0 Å². The summed E-state index contributed by atoms with van der Waals surface area (Å²) in [6.45, 7) is 58.1. The third-order valence-electron chi connectivity index (χ3n) is 33.9. The van der Waals surface area contributed by atoms with Gasteiger partial charge >= 0.3 is 0 Å². The summed E-state index contributed by atoms with van der Waals surface area (Å²) in [6.07, 6.45) is 59.0. The molecule has 854 valence electrons. The minimum Gasteiger partial charge on any atom is -0.410 e. The smallest absolute Gasteiger partial charge is 0.192 e. The number of rotatable bonds is 62. The summed E-state index contributed by atoms with van der Waals surface area (Å²) >= 11 is 77.5. The first kappa shape index (κ1) is 140. The molecule has 3 aliphatic carbocycles. The Morgan fingerprint density at radius 3 is 0.740 bits per heavy atom. The zero-order chi connectivity index (χ0) is 111. The first-order valence-electron chi connectivity index (χ1n) is 58.5. The van der Waals surface area contributed by atoms with Gasteiger partial charge in [-0.3, -0.25) is 29.9 Å².